The van der Waals surface area contributed by atoms with Crippen molar-refractivity contribution in [2.45, 2.75) is 64.8 Å². The molecule has 0 spiro atoms. The fourth-order valence-electron chi connectivity index (χ4n) is 4.30. The van der Waals surface area contributed by atoms with E-state index in [-0.39, 0.29) is 13.0 Å². The maximum Gasteiger partial charge on any atom is 0.309 e. The number of methoxy groups -OCH3 is 1. The molecule has 5 atom stereocenters. The highest BCUT2D eigenvalue weighted by molar-refractivity contribution is 5.75. The Bertz CT molecular complexity index is 1270. The van der Waals surface area contributed by atoms with Crippen molar-refractivity contribution in [2.24, 2.45) is 0 Å². The van der Waals surface area contributed by atoms with Crippen LogP contribution in [0.5, 0.6) is 5.75 Å². The molecule has 12 nitrogen and oxygen atoms in total. The Labute approximate surface area is 236 Å². The van der Waals surface area contributed by atoms with Crippen LogP contribution in [0.25, 0.3) is 11.1 Å². The lowest BCUT2D eigenvalue weighted by Gasteiger charge is -2.44. The Morgan fingerprint density at radius 1 is 0.756 bits per heavy atom. The molecule has 12 heteroatoms. The number of hydrogen-bond donors (Lipinski definition) is 0. The number of benzene rings is 2. The summed E-state index contributed by atoms with van der Waals surface area (Å²) in [5, 5.41) is 0. The minimum absolute atomic E-state index is 0.0626. The average Bonchev–Trinajstić information content (AvgIpc) is 2.90. The first-order chi connectivity index (χ1) is 19.5. The Hall–Kier alpha value is -4.45. The summed E-state index contributed by atoms with van der Waals surface area (Å²) in [6.45, 7) is 4.23. The summed E-state index contributed by atoms with van der Waals surface area (Å²) in [5.41, 5.74) is 2.01. The van der Waals surface area contributed by atoms with Crippen LogP contribution >= 0.6 is 0 Å². The van der Waals surface area contributed by atoms with Gasteiger partial charge in [-0.25, -0.2) is 0 Å². The molecule has 0 bridgehead atoms. The van der Waals surface area contributed by atoms with Crippen molar-refractivity contribution in [1.82, 2.24) is 0 Å². The third-order valence-electron chi connectivity index (χ3n) is 5.89. The molecule has 0 saturated carbocycles. The van der Waals surface area contributed by atoms with E-state index in [1.165, 1.54) is 14.0 Å². The number of esters is 5. The minimum atomic E-state index is -1.39. The minimum Gasteiger partial charge on any atom is -0.469 e. The van der Waals surface area contributed by atoms with E-state index in [1.807, 2.05) is 6.07 Å². The fourth-order valence-corrected chi connectivity index (χ4v) is 4.30. The van der Waals surface area contributed by atoms with E-state index in [4.69, 9.17) is 33.2 Å². The predicted molar refractivity (Wildman–Crippen MR) is 140 cm³/mol. The lowest BCUT2D eigenvalue weighted by atomic mass is 9.97. The van der Waals surface area contributed by atoms with E-state index in [0.717, 1.165) is 20.8 Å². The molecule has 2 aromatic rings. The molecular weight excluding hydrogens is 540 g/mol. The molecule has 0 N–H and O–H groups in total. The van der Waals surface area contributed by atoms with Crippen molar-refractivity contribution >= 4 is 29.8 Å². The number of para-hydroxylation sites is 1. The fraction of sp³-hybridized carbons (Fsp3) is 0.414. The Kier molecular flexibility index (Phi) is 10.8. The van der Waals surface area contributed by atoms with Crippen LogP contribution in [-0.4, -0.2) is 74.3 Å². The molecule has 0 radical (unpaired) electrons. The largest absolute Gasteiger partial charge is 0.469 e. The van der Waals surface area contributed by atoms with E-state index in [9.17, 15) is 24.0 Å². The van der Waals surface area contributed by atoms with E-state index in [0.29, 0.717) is 22.4 Å². The summed E-state index contributed by atoms with van der Waals surface area (Å²) < 4.78 is 38.5. The van der Waals surface area contributed by atoms with Crippen LogP contribution in [0, 0.1) is 0 Å². The molecule has 0 aliphatic carbocycles. The summed E-state index contributed by atoms with van der Waals surface area (Å²) in [6, 6.07) is 14.1. The molecule has 1 fully saturated rings. The zero-order valence-electron chi connectivity index (χ0n) is 23.3. The molecular formula is C29H32O12. The van der Waals surface area contributed by atoms with Crippen LogP contribution in [0.1, 0.15) is 33.3 Å². The zero-order chi connectivity index (χ0) is 30.1. The van der Waals surface area contributed by atoms with Crippen LogP contribution in [-0.2, 0) is 58.8 Å². The van der Waals surface area contributed by atoms with Crippen molar-refractivity contribution in [3.63, 3.8) is 0 Å². The molecule has 0 amide bonds. The van der Waals surface area contributed by atoms with E-state index >= 15 is 0 Å². The number of carbonyl (C=O) groups excluding carboxylic acids is 5. The van der Waals surface area contributed by atoms with E-state index in [2.05, 4.69) is 0 Å². The average molecular weight is 573 g/mol. The molecule has 0 aromatic heterocycles. The van der Waals surface area contributed by atoms with Gasteiger partial charge in [-0.05, 0) is 17.2 Å². The summed E-state index contributed by atoms with van der Waals surface area (Å²) >= 11 is 0. The van der Waals surface area contributed by atoms with Gasteiger partial charge in [-0.15, -0.1) is 0 Å². The van der Waals surface area contributed by atoms with Gasteiger partial charge in [0.1, 0.15) is 18.5 Å². The van der Waals surface area contributed by atoms with Crippen molar-refractivity contribution < 1.29 is 57.1 Å². The molecule has 1 aliphatic heterocycles. The van der Waals surface area contributed by atoms with E-state index < -0.39 is 60.6 Å². The van der Waals surface area contributed by atoms with E-state index in [1.54, 1.807) is 42.5 Å². The highest BCUT2D eigenvalue weighted by atomic mass is 16.7. The second-order valence-electron chi connectivity index (χ2n) is 9.13. The molecule has 1 aliphatic rings. The van der Waals surface area contributed by atoms with Crippen molar-refractivity contribution in [3.05, 3.63) is 54.1 Å². The zero-order valence-corrected chi connectivity index (χ0v) is 23.3. The smallest absolute Gasteiger partial charge is 0.309 e. The van der Waals surface area contributed by atoms with Gasteiger partial charge in [0.25, 0.3) is 0 Å². The van der Waals surface area contributed by atoms with Gasteiger partial charge < -0.3 is 33.2 Å². The Morgan fingerprint density at radius 2 is 1.39 bits per heavy atom. The van der Waals surface area contributed by atoms with Crippen LogP contribution in [0.4, 0.5) is 0 Å². The van der Waals surface area contributed by atoms with Crippen molar-refractivity contribution in [1.29, 1.82) is 0 Å². The van der Waals surface area contributed by atoms with Gasteiger partial charge in [0, 0.05) is 33.3 Å². The number of ether oxygens (including phenoxy) is 7. The first-order valence-electron chi connectivity index (χ1n) is 12.7. The van der Waals surface area contributed by atoms with Crippen molar-refractivity contribution in [3.8, 4) is 16.9 Å². The molecule has 1 saturated heterocycles. The Balaban J connectivity index is 2.04. The quantitative estimate of drug-likeness (QED) is 0.304. The molecule has 3 rings (SSSR count). The van der Waals surface area contributed by atoms with Crippen LogP contribution in [0.3, 0.4) is 0 Å². The second-order valence-corrected chi connectivity index (χ2v) is 9.13. The third-order valence-corrected chi connectivity index (χ3v) is 5.89. The van der Waals surface area contributed by atoms with Gasteiger partial charge in [0.2, 0.25) is 12.4 Å². The lowest BCUT2D eigenvalue weighted by Crippen LogP contribution is -2.63. The summed E-state index contributed by atoms with van der Waals surface area (Å²) in [5.74, 6) is -2.96. The van der Waals surface area contributed by atoms with Crippen LogP contribution in [0.15, 0.2) is 48.5 Å². The van der Waals surface area contributed by atoms with Crippen LogP contribution in [0.2, 0.25) is 0 Å². The molecule has 2 aromatic carbocycles. The number of hydrogen-bond acceptors (Lipinski definition) is 12. The molecule has 0 unspecified atom stereocenters. The molecule has 41 heavy (non-hydrogen) atoms. The topological polar surface area (TPSA) is 150 Å². The summed E-state index contributed by atoms with van der Waals surface area (Å²) in [4.78, 5) is 59.5. The van der Waals surface area contributed by atoms with Gasteiger partial charge >= 0.3 is 29.8 Å². The van der Waals surface area contributed by atoms with Crippen molar-refractivity contribution in [2.75, 3.05) is 13.7 Å². The number of carbonyl (C=O) groups is 5. The number of rotatable bonds is 10. The van der Waals surface area contributed by atoms with Crippen LogP contribution < -0.4 is 4.74 Å². The monoisotopic (exact) mass is 572 g/mol. The van der Waals surface area contributed by atoms with Gasteiger partial charge in [-0.2, -0.15) is 0 Å². The first kappa shape index (κ1) is 31.1. The van der Waals surface area contributed by atoms with Gasteiger partial charge in [0.05, 0.1) is 13.5 Å². The Morgan fingerprint density at radius 3 is 2.02 bits per heavy atom. The lowest BCUT2D eigenvalue weighted by molar-refractivity contribution is -0.288. The standard InChI is InChI=1S/C29H32O12/c1-16(30)36-15-24-26(37-17(2)31)27(38-18(3)32)28(39-19(4)33)29(41-24)40-23-12-7-6-11-22(23)21-10-8-9-20(13-21)14-25(34)35-5/h6-13,24,26-29H,14-15H2,1-5H3/t24-,26-,27+,28+,29+/m1/s1. The molecule has 1 heterocycles. The van der Waals surface area contributed by atoms with Gasteiger partial charge in [-0.3, -0.25) is 24.0 Å². The maximum atomic E-state index is 12.1. The summed E-state index contributed by atoms with van der Waals surface area (Å²) in [6.07, 6.45) is -6.53. The SMILES string of the molecule is COC(=O)Cc1cccc(-c2ccccc2O[C@H]2O[C@H](COC(C)=O)[C@@H](OC(C)=O)[C@H](OC(C)=O)[C@@H]2OC(C)=O)c1. The highest BCUT2D eigenvalue weighted by Crippen LogP contribution is 2.35. The predicted octanol–water partition coefficient (Wildman–Crippen LogP) is 2.53. The second kappa shape index (κ2) is 14.3. The third kappa shape index (κ3) is 8.77. The summed E-state index contributed by atoms with van der Waals surface area (Å²) in [7, 11) is 1.31. The maximum absolute atomic E-state index is 12.1. The van der Waals surface area contributed by atoms with Gasteiger partial charge in [-0.1, -0.05) is 42.5 Å². The first-order valence-corrected chi connectivity index (χ1v) is 12.7. The highest BCUT2D eigenvalue weighted by Gasteiger charge is 2.53. The normalized spacial score (nSPS) is 21.6. The molecule has 220 valence electrons. The van der Waals surface area contributed by atoms with Gasteiger partial charge in [0.15, 0.2) is 12.2 Å².